The first-order chi connectivity index (χ1) is 9.28. The van der Waals surface area contributed by atoms with Crippen LogP contribution in [-0.2, 0) is 6.42 Å². The van der Waals surface area contributed by atoms with E-state index in [0.717, 1.165) is 0 Å². The Kier molecular flexibility index (Phi) is 4.08. The number of nitriles is 1. The molecule has 1 aromatic carbocycles. The van der Waals surface area contributed by atoms with Crippen LogP contribution < -0.4 is 10.6 Å². The molecule has 7 nitrogen and oxygen atoms in total. The summed E-state index contributed by atoms with van der Waals surface area (Å²) in [7, 11) is 0. The highest BCUT2D eigenvalue weighted by atomic mass is 16.2. The van der Waals surface area contributed by atoms with Crippen molar-refractivity contribution in [2.24, 2.45) is 0 Å². The van der Waals surface area contributed by atoms with Crippen LogP contribution in [0.5, 0.6) is 0 Å². The Balaban J connectivity index is 1.79. The molecule has 0 bridgehead atoms. The van der Waals surface area contributed by atoms with E-state index in [1.54, 1.807) is 24.3 Å². The number of benzene rings is 1. The largest absolute Gasteiger partial charge is 0.337 e. The SMILES string of the molecule is N#Cc1cccc(NC(=O)NCCc2ncn[nH]2)c1. The molecule has 7 heteroatoms. The number of H-pyrrole nitrogens is 1. The van der Waals surface area contributed by atoms with Gasteiger partial charge in [-0.2, -0.15) is 10.4 Å². The molecule has 0 atom stereocenters. The fourth-order valence-electron chi connectivity index (χ4n) is 1.49. The van der Waals surface area contributed by atoms with Gasteiger partial charge in [-0.1, -0.05) is 6.07 Å². The lowest BCUT2D eigenvalue weighted by atomic mass is 10.2. The van der Waals surface area contributed by atoms with Crippen molar-refractivity contribution < 1.29 is 4.79 Å². The number of nitrogens with zero attached hydrogens (tertiary/aromatic N) is 3. The summed E-state index contributed by atoms with van der Waals surface area (Å²) in [6.45, 7) is 0.443. The van der Waals surface area contributed by atoms with Crippen molar-refractivity contribution in [3.8, 4) is 6.07 Å². The Hall–Kier alpha value is -2.88. The fourth-order valence-corrected chi connectivity index (χ4v) is 1.49. The van der Waals surface area contributed by atoms with E-state index in [0.29, 0.717) is 30.0 Å². The zero-order chi connectivity index (χ0) is 13.5. The summed E-state index contributed by atoms with van der Waals surface area (Å²) in [4.78, 5) is 15.5. The number of carbonyl (C=O) groups is 1. The number of hydrogen-bond donors (Lipinski definition) is 3. The van der Waals surface area contributed by atoms with Gasteiger partial charge >= 0.3 is 6.03 Å². The second kappa shape index (κ2) is 6.16. The Labute approximate surface area is 109 Å². The van der Waals surface area contributed by atoms with E-state index < -0.39 is 0 Å². The average Bonchev–Trinajstić information content (AvgIpc) is 2.92. The molecule has 96 valence electrons. The summed E-state index contributed by atoms with van der Waals surface area (Å²) in [5.41, 5.74) is 1.08. The first-order valence-corrected chi connectivity index (χ1v) is 5.67. The van der Waals surface area contributed by atoms with Gasteiger partial charge < -0.3 is 10.6 Å². The molecule has 2 rings (SSSR count). The highest BCUT2D eigenvalue weighted by Gasteiger charge is 2.02. The number of amides is 2. The molecule has 0 aliphatic rings. The third kappa shape index (κ3) is 3.81. The van der Waals surface area contributed by atoms with Crippen LogP contribution in [0.4, 0.5) is 10.5 Å². The van der Waals surface area contributed by atoms with Crippen molar-refractivity contribution in [3.63, 3.8) is 0 Å². The second-order valence-electron chi connectivity index (χ2n) is 3.76. The predicted octanol–water partition coefficient (Wildman–Crippen LogP) is 1.04. The van der Waals surface area contributed by atoms with Gasteiger partial charge in [0, 0.05) is 18.7 Å². The molecule has 1 aromatic heterocycles. The minimum absolute atomic E-state index is 0.324. The molecule has 19 heavy (non-hydrogen) atoms. The molecule has 2 amide bonds. The van der Waals surface area contributed by atoms with E-state index in [9.17, 15) is 4.79 Å². The molecule has 0 fully saturated rings. The molecule has 0 aliphatic carbocycles. The Morgan fingerprint density at radius 2 is 2.37 bits per heavy atom. The molecule has 0 spiro atoms. The Morgan fingerprint density at radius 1 is 1.47 bits per heavy atom. The van der Waals surface area contributed by atoms with Crippen molar-refractivity contribution in [2.75, 3.05) is 11.9 Å². The topological polar surface area (TPSA) is 106 Å². The lowest BCUT2D eigenvalue weighted by Crippen LogP contribution is -2.30. The van der Waals surface area contributed by atoms with E-state index >= 15 is 0 Å². The number of aromatic nitrogens is 3. The van der Waals surface area contributed by atoms with Crippen LogP contribution in [0.25, 0.3) is 0 Å². The maximum absolute atomic E-state index is 11.6. The number of hydrogen-bond acceptors (Lipinski definition) is 4. The normalized spacial score (nSPS) is 9.63. The standard InChI is InChI=1S/C12H12N6O/c13-7-9-2-1-3-10(6-9)17-12(19)14-5-4-11-15-8-16-18-11/h1-3,6,8H,4-5H2,(H2,14,17,19)(H,15,16,18). The predicted molar refractivity (Wildman–Crippen MR) is 68.3 cm³/mol. The summed E-state index contributed by atoms with van der Waals surface area (Å²) in [5.74, 6) is 0.715. The summed E-state index contributed by atoms with van der Waals surface area (Å²) >= 11 is 0. The smallest absolute Gasteiger partial charge is 0.319 e. The van der Waals surface area contributed by atoms with Crippen LogP contribution in [0, 0.1) is 11.3 Å². The van der Waals surface area contributed by atoms with Crippen LogP contribution in [-0.4, -0.2) is 27.8 Å². The van der Waals surface area contributed by atoms with Gasteiger partial charge in [-0.15, -0.1) is 0 Å². The van der Waals surface area contributed by atoms with Gasteiger partial charge in [0.15, 0.2) is 0 Å². The third-order valence-corrected chi connectivity index (χ3v) is 2.36. The van der Waals surface area contributed by atoms with E-state index in [1.807, 2.05) is 6.07 Å². The Bertz CT molecular complexity index is 587. The van der Waals surface area contributed by atoms with Crippen LogP contribution in [0.15, 0.2) is 30.6 Å². The Morgan fingerprint density at radius 3 is 3.11 bits per heavy atom. The number of nitrogens with one attached hydrogen (secondary N) is 3. The molecular formula is C12H12N6O. The van der Waals surface area contributed by atoms with Gasteiger partial charge in [-0.25, -0.2) is 9.78 Å². The second-order valence-corrected chi connectivity index (χ2v) is 3.76. The van der Waals surface area contributed by atoms with Gasteiger partial charge in [0.05, 0.1) is 11.6 Å². The molecule has 3 N–H and O–H groups in total. The molecule has 0 radical (unpaired) electrons. The third-order valence-electron chi connectivity index (χ3n) is 2.36. The van der Waals surface area contributed by atoms with Crippen LogP contribution in [0.2, 0.25) is 0 Å². The van der Waals surface area contributed by atoms with Gasteiger partial charge in [0.1, 0.15) is 12.2 Å². The minimum atomic E-state index is -0.324. The van der Waals surface area contributed by atoms with E-state index in [4.69, 9.17) is 5.26 Å². The summed E-state index contributed by atoms with van der Waals surface area (Å²) in [5, 5.41) is 20.5. The van der Waals surface area contributed by atoms with E-state index in [1.165, 1.54) is 6.33 Å². The number of carbonyl (C=O) groups excluding carboxylic acids is 1. The van der Waals surface area contributed by atoms with Crippen LogP contribution >= 0.6 is 0 Å². The maximum atomic E-state index is 11.6. The zero-order valence-electron chi connectivity index (χ0n) is 10.1. The molecule has 0 aliphatic heterocycles. The minimum Gasteiger partial charge on any atom is -0.337 e. The lowest BCUT2D eigenvalue weighted by Gasteiger charge is -2.06. The molecule has 0 saturated heterocycles. The number of rotatable bonds is 4. The fraction of sp³-hybridized carbons (Fsp3) is 0.167. The highest BCUT2D eigenvalue weighted by Crippen LogP contribution is 2.09. The number of aromatic amines is 1. The zero-order valence-corrected chi connectivity index (χ0v) is 10.1. The van der Waals surface area contributed by atoms with Gasteiger partial charge in [0.25, 0.3) is 0 Å². The van der Waals surface area contributed by atoms with E-state index in [2.05, 4.69) is 25.8 Å². The first kappa shape index (κ1) is 12.6. The summed E-state index contributed by atoms with van der Waals surface area (Å²) < 4.78 is 0. The molecule has 0 saturated carbocycles. The average molecular weight is 256 g/mol. The summed E-state index contributed by atoms with van der Waals surface area (Å²) in [6.07, 6.45) is 1.99. The maximum Gasteiger partial charge on any atom is 0.319 e. The monoisotopic (exact) mass is 256 g/mol. The van der Waals surface area contributed by atoms with Crippen LogP contribution in [0.1, 0.15) is 11.4 Å². The van der Waals surface area contributed by atoms with Crippen molar-refractivity contribution in [3.05, 3.63) is 42.0 Å². The van der Waals surface area contributed by atoms with Crippen molar-refractivity contribution in [1.82, 2.24) is 20.5 Å². The quantitative estimate of drug-likeness (QED) is 0.759. The number of urea groups is 1. The van der Waals surface area contributed by atoms with Gasteiger partial charge in [0.2, 0.25) is 0 Å². The molecule has 1 heterocycles. The highest BCUT2D eigenvalue weighted by molar-refractivity contribution is 5.89. The molecular weight excluding hydrogens is 244 g/mol. The molecule has 2 aromatic rings. The van der Waals surface area contributed by atoms with Crippen molar-refractivity contribution >= 4 is 11.7 Å². The van der Waals surface area contributed by atoms with Crippen molar-refractivity contribution in [1.29, 1.82) is 5.26 Å². The van der Waals surface area contributed by atoms with Gasteiger partial charge in [-0.05, 0) is 18.2 Å². The van der Waals surface area contributed by atoms with Crippen LogP contribution in [0.3, 0.4) is 0 Å². The number of anilines is 1. The van der Waals surface area contributed by atoms with E-state index in [-0.39, 0.29) is 6.03 Å². The molecule has 0 unspecified atom stereocenters. The lowest BCUT2D eigenvalue weighted by molar-refractivity contribution is 0.252. The van der Waals surface area contributed by atoms with Gasteiger partial charge in [-0.3, -0.25) is 5.10 Å². The first-order valence-electron chi connectivity index (χ1n) is 5.67. The van der Waals surface area contributed by atoms with Crippen molar-refractivity contribution in [2.45, 2.75) is 6.42 Å². The summed E-state index contributed by atoms with van der Waals surface area (Å²) in [6, 6.07) is 8.40.